The number of hydrogen-bond acceptors (Lipinski definition) is 3. The van der Waals surface area contributed by atoms with Gasteiger partial charge in [0.2, 0.25) is 0 Å². The smallest absolute Gasteiger partial charge is 0.409 e. The lowest BCUT2D eigenvalue weighted by Crippen LogP contribution is -2.47. The van der Waals surface area contributed by atoms with Crippen molar-refractivity contribution in [3.63, 3.8) is 0 Å². The summed E-state index contributed by atoms with van der Waals surface area (Å²) in [6, 6.07) is 2.89. The number of nitrogens with zero attached hydrogens (tertiary/aromatic N) is 1. The normalized spacial score (nSPS) is 15.6. The third-order valence-corrected chi connectivity index (χ3v) is 3.56. The van der Waals surface area contributed by atoms with Crippen LogP contribution in [0, 0.1) is 0 Å². The summed E-state index contributed by atoms with van der Waals surface area (Å²) < 4.78 is 5.20. The molecule has 18 heavy (non-hydrogen) atoms. The molecule has 0 saturated carbocycles. The molecule has 4 nitrogen and oxygen atoms in total. The molecule has 0 spiro atoms. The van der Waals surface area contributed by atoms with Crippen LogP contribution in [0.3, 0.4) is 0 Å². The van der Waals surface area contributed by atoms with Gasteiger partial charge in [-0.25, -0.2) is 4.79 Å². The minimum atomic E-state index is -0.434. The fourth-order valence-electron chi connectivity index (χ4n) is 1.59. The molecule has 1 heterocycles. The van der Waals surface area contributed by atoms with E-state index in [0.717, 1.165) is 13.1 Å². The standard InChI is InChI=1S/C11H11Cl3N2O2/c12-7-5-9(14)10(6-8(7)13)18-11(17)16-3-1-15-2-4-16/h5-6,15H,1-4H2. The molecule has 1 aromatic rings. The number of rotatable bonds is 1. The molecule has 98 valence electrons. The van der Waals surface area contributed by atoms with E-state index in [1.165, 1.54) is 12.1 Å². The van der Waals surface area contributed by atoms with Gasteiger partial charge in [0.1, 0.15) is 0 Å². The summed E-state index contributed by atoms with van der Waals surface area (Å²) in [4.78, 5) is 13.5. The number of hydrogen-bond donors (Lipinski definition) is 1. The lowest BCUT2D eigenvalue weighted by Gasteiger charge is -2.26. The number of benzene rings is 1. The fraction of sp³-hybridized carbons (Fsp3) is 0.364. The Morgan fingerprint density at radius 3 is 2.39 bits per heavy atom. The van der Waals surface area contributed by atoms with E-state index in [2.05, 4.69) is 5.32 Å². The molecule has 7 heteroatoms. The molecular weight excluding hydrogens is 298 g/mol. The third-order valence-electron chi connectivity index (χ3n) is 2.55. The van der Waals surface area contributed by atoms with E-state index in [-0.39, 0.29) is 10.8 Å². The maximum atomic E-state index is 11.9. The molecule has 2 rings (SSSR count). The average molecular weight is 310 g/mol. The first kappa shape index (κ1) is 13.7. The van der Waals surface area contributed by atoms with Crippen LogP contribution < -0.4 is 10.1 Å². The minimum absolute atomic E-state index is 0.217. The van der Waals surface area contributed by atoms with E-state index in [1.54, 1.807) is 4.90 Å². The highest BCUT2D eigenvalue weighted by Crippen LogP contribution is 2.34. The van der Waals surface area contributed by atoms with Gasteiger partial charge in [-0.15, -0.1) is 0 Å². The Kier molecular flexibility index (Phi) is 4.56. The third kappa shape index (κ3) is 3.20. The van der Waals surface area contributed by atoms with E-state index in [1.807, 2.05) is 0 Å². The molecule has 0 unspecified atom stereocenters. The van der Waals surface area contributed by atoms with Crippen molar-refractivity contribution in [3.8, 4) is 5.75 Å². The molecule has 0 aliphatic carbocycles. The van der Waals surface area contributed by atoms with Crippen molar-refractivity contribution in [2.45, 2.75) is 0 Å². The average Bonchev–Trinajstić information content (AvgIpc) is 2.37. The summed E-state index contributed by atoms with van der Waals surface area (Å²) >= 11 is 17.6. The number of ether oxygens (including phenoxy) is 1. The van der Waals surface area contributed by atoms with Crippen LogP contribution >= 0.6 is 34.8 Å². The first-order valence-corrected chi connectivity index (χ1v) is 6.53. The molecule has 1 aliphatic heterocycles. The van der Waals surface area contributed by atoms with Gasteiger partial charge in [0, 0.05) is 32.2 Å². The fourth-order valence-corrected chi connectivity index (χ4v) is 2.16. The van der Waals surface area contributed by atoms with Gasteiger partial charge >= 0.3 is 6.09 Å². The Morgan fingerprint density at radius 1 is 1.11 bits per heavy atom. The van der Waals surface area contributed by atoms with Gasteiger partial charge < -0.3 is 15.0 Å². The summed E-state index contributed by atoms with van der Waals surface area (Å²) in [6.45, 7) is 2.73. The van der Waals surface area contributed by atoms with Gasteiger partial charge in [0.15, 0.2) is 5.75 Å². The molecule has 0 radical (unpaired) electrons. The van der Waals surface area contributed by atoms with Crippen molar-refractivity contribution in [1.82, 2.24) is 10.2 Å². The zero-order valence-electron chi connectivity index (χ0n) is 9.38. The van der Waals surface area contributed by atoms with E-state index < -0.39 is 6.09 Å². The molecule has 1 fully saturated rings. The number of carbonyl (C=O) groups is 1. The van der Waals surface area contributed by atoms with E-state index in [9.17, 15) is 4.79 Å². The highest BCUT2D eigenvalue weighted by Gasteiger charge is 2.19. The number of nitrogens with one attached hydrogen (secondary N) is 1. The van der Waals surface area contributed by atoms with Crippen LogP contribution in [0.2, 0.25) is 15.1 Å². The second-order valence-corrected chi connectivity index (χ2v) is 5.02. The van der Waals surface area contributed by atoms with Gasteiger partial charge in [0.05, 0.1) is 15.1 Å². The molecule has 1 aliphatic rings. The summed E-state index contributed by atoms with van der Waals surface area (Å²) in [5, 5.41) is 4.02. The summed E-state index contributed by atoms with van der Waals surface area (Å²) in [6.07, 6.45) is -0.434. The summed E-state index contributed by atoms with van der Waals surface area (Å²) in [7, 11) is 0. The van der Waals surface area contributed by atoms with Crippen LogP contribution in [-0.2, 0) is 0 Å². The molecule has 1 saturated heterocycles. The maximum Gasteiger partial charge on any atom is 0.415 e. The quantitative estimate of drug-likeness (QED) is 0.811. The Hall–Kier alpha value is -0.680. The van der Waals surface area contributed by atoms with Crippen LogP contribution in [0.4, 0.5) is 4.79 Å². The Labute approximate surface area is 120 Å². The summed E-state index contributed by atoms with van der Waals surface area (Å²) in [5.41, 5.74) is 0. The topological polar surface area (TPSA) is 41.6 Å². The van der Waals surface area contributed by atoms with Crippen molar-refractivity contribution >= 4 is 40.9 Å². The van der Waals surface area contributed by atoms with Crippen LogP contribution in [0.25, 0.3) is 0 Å². The number of carbonyl (C=O) groups excluding carboxylic acids is 1. The maximum absolute atomic E-state index is 11.9. The zero-order valence-corrected chi connectivity index (χ0v) is 11.6. The molecule has 0 aromatic heterocycles. The van der Waals surface area contributed by atoms with Gasteiger partial charge in [-0.3, -0.25) is 0 Å². The number of piperazine rings is 1. The minimum Gasteiger partial charge on any atom is -0.409 e. The van der Waals surface area contributed by atoms with Crippen LogP contribution in [0.1, 0.15) is 0 Å². The van der Waals surface area contributed by atoms with E-state index >= 15 is 0 Å². The highest BCUT2D eigenvalue weighted by atomic mass is 35.5. The Balaban J connectivity index is 2.08. The van der Waals surface area contributed by atoms with Gasteiger partial charge in [-0.2, -0.15) is 0 Å². The summed E-state index contributed by atoms with van der Waals surface area (Å²) in [5.74, 6) is 0.217. The van der Waals surface area contributed by atoms with Crippen molar-refractivity contribution in [3.05, 3.63) is 27.2 Å². The zero-order chi connectivity index (χ0) is 13.1. The number of amides is 1. The van der Waals surface area contributed by atoms with Crippen molar-refractivity contribution in [2.75, 3.05) is 26.2 Å². The highest BCUT2D eigenvalue weighted by molar-refractivity contribution is 6.43. The van der Waals surface area contributed by atoms with Gasteiger partial charge in [-0.1, -0.05) is 34.8 Å². The van der Waals surface area contributed by atoms with Crippen molar-refractivity contribution < 1.29 is 9.53 Å². The van der Waals surface area contributed by atoms with Crippen molar-refractivity contribution in [2.24, 2.45) is 0 Å². The largest absolute Gasteiger partial charge is 0.415 e. The Morgan fingerprint density at radius 2 is 1.72 bits per heavy atom. The van der Waals surface area contributed by atoms with Crippen LogP contribution in [-0.4, -0.2) is 37.2 Å². The number of halogens is 3. The lowest BCUT2D eigenvalue weighted by molar-refractivity contribution is 0.146. The van der Waals surface area contributed by atoms with Crippen LogP contribution in [0.5, 0.6) is 5.75 Å². The SMILES string of the molecule is O=C(Oc1cc(Cl)c(Cl)cc1Cl)N1CCNCC1. The lowest BCUT2D eigenvalue weighted by atomic mass is 10.3. The molecular formula is C11H11Cl3N2O2. The predicted octanol–water partition coefficient (Wildman–Crippen LogP) is 3.05. The predicted molar refractivity (Wildman–Crippen MR) is 71.9 cm³/mol. The molecule has 1 amide bonds. The second-order valence-electron chi connectivity index (χ2n) is 3.80. The van der Waals surface area contributed by atoms with Gasteiger partial charge in [0.25, 0.3) is 0 Å². The van der Waals surface area contributed by atoms with Crippen molar-refractivity contribution in [1.29, 1.82) is 0 Å². The van der Waals surface area contributed by atoms with E-state index in [0.29, 0.717) is 23.1 Å². The first-order chi connectivity index (χ1) is 8.58. The molecule has 0 bridgehead atoms. The molecule has 1 N–H and O–H groups in total. The monoisotopic (exact) mass is 308 g/mol. The molecule has 1 aromatic carbocycles. The van der Waals surface area contributed by atoms with Crippen LogP contribution in [0.15, 0.2) is 12.1 Å². The van der Waals surface area contributed by atoms with E-state index in [4.69, 9.17) is 39.5 Å². The Bertz CT molecular complexity index is 462. The second kappa shape index (κ2) is 5.97. The van der Waals surface area contributed by atoms with Gasteiger partial charge in [-0.05, 0) is 6.07 Å². The first-order valence-electron chi connectivity index (χ1n) is 5.40. The molecule has 0 atom stereocenters.